The van der Waals surface area contributed by atoms with Crippen LogP contribution in [0.3, 0.4) is 0 Å². The molecule has 0 amide bonds. The van der Waals surface area contributed by atoms with E-state index in [1.54, 1.807) is 0 Å². The minimum absolute atomic E-state index is 0.876. The molecule has 0 saturated carbocycles. The average molecular weight is 625 g/mol. The van der Waals surface area contributed by atoms with Gasteiger partial charge in [0.05, 0.1) is 0 Å². The summed E-state index contributed by atoms with van der Waals surface area (Å²) in [6, 6.07) is 67.4. The summed E-state index contributed by atoms with van der Waals surface area (Å²) in [4.78, 5) is 7.04. The van der Waals surface area contributed by atoms with Crippen LogP contribution in [-0.2, 0) is 0 Å². The van der Waals surface area contributed by atoms with Gasteiger partial charge in [-0.3, -0.25) is 4.90 Å². The van der Waals surface area contributed by atoms with Gasteiger partial charge >= 0.3 is 0 Å². The summed E-state index contributed by atoms with van der Waals surface area (Å²) < 4.78 is 0. The van der Waals surface area contributed by atoms with Gasteiger partial charge in [0.25, 0.3) is 0 Å². The number of aromatic nitrogens is 1. The Labute approximate surface area is 286 Å². The monoisotopic (exact) mass is 624 g/mol. The highest BCUT2D eigenvalue weighted by atomic mass is 15.2. The highest BCUT2D eigenvalue weighted by Crippen LogP contribution is 2.49. The molecule has 0 radical (unpaired) electrons. The third-order valence-electron chi connectivity index (χ3n) is 9.47. The van der Waals surface area contributed by atoms with E-state index in [0.29, 0.717) is 0 Å². The lowest BCUT2D eigenvalue weighted by atomic mass is 9.81. The predicted octanol–water partition coefficient (Wildman–Crippen LogP) is 13.0. The summed E-state index contributed by atoms with van der Waals surface area (Å²) in [5, 5.41) is 7.42. The van der Waals surface area contributed by atoms with E-state index in [1.165, 1.54) is 65.7 Å². The van der Waals surface area contributed by atoms with Crippen LogP contribution in [0.2, 0.25) is 0 Å². The molecule has 0 fully saturated rings. The molecular formula is C47H32N2. The van der Waals surface area contributed by atoms with Crippen molar-refractivity contribution in [1.82, 2.24) is 4.98 Å². The highest BCUT2D eigenvalue weighted by molar-refractivity contribution is 6.33. The predicted molar refractivity (Wildman–Crippen MR) is 208 cm³/mol. The molecule has 0 aliphatic heterocycles. The summed E-state index contributed by atoms with van der Waals surface area (Å²) in [6.07, 6.45) is 1.86. The number of fused-ring (bicyclic) bond motifs is 6. The van der Waals surface area contributed by atoms with Gasteiger partial charge in [0, 0.05) is 17.6 Å². The first kappa shape index (κ1) is 28.7. The molecule has 8 aromatic carbocycles. The van der Waals surface area contributed by atoms with Gasteiger partial charge < -0.3 is 0 Å². The van der Waals surface area contributed by atoms with Gasteiger partial charge in [0.2, 0.25) is 0 Å². The molecular weight excluding hydrogens is 593 g/mol. The van der Waals surface area contributed by atoms with Crippen molar-refractivity contribution in [3.8, 4) is 33.4 Å². The van der Waals surface area contributed by atoms with Crippen molar-refractivity contribution < 1.29 is 0 Å². The van der Waals surface area contributed by atoms with E-state index in [2.05, 4.69) is 181 Å². The van der Waals surface area contributed by atoms with Crippen LogP contribution in [0.5, 0.6) is 0 Å². The van der Waals surface area contributed by atoms with Gasteiger partial charge in [-0.2, -0.15) is 0 Å². The van der Waals surface area contributed by atoms with E-state index < -0.39 is 0 Å². The van der Waals surface area contributed by atoms with Gasteiger partial charge in [-0.05, 0) is 108 Å². The minimum atomic E-state index is 0.876. The number of rotatable bonds is 6. The van der Waals surface area contributed by atoms with Crippen LogP contribution in [0.1, 0.15) is 0 Å². The second kappa shape index (κ2) is 12.3. The van der Waals surface area contributed by atoms with E-state index >= 15 is 0 Å². The maximum atomic E-state index is 4.79. The zero-order valence-electron chi connectivity index (χ0n) is 26.9. The van der Waals surface area contributed by atoms with Crippen molar-refractivity contribution in [2.45, 2.75) is 0 Å². The van der Waals surface area contributed by atoms with Gasteiger partial charge in [-0.15, -0.1) is 0 Å². The second-order valence-electron chi connectivity index (χ2n) is 12.3. The summed E-state index contributed by atoms with van der Waals surface area (Å²) in [5.41, 5.74) is 9.42. The fourth-order valence-electron chi connectivity index (χ4n) is 7.35. The molecule has 9 aromatic rings. The standard InChI is InChI=1S/C47H32N2/c1-5-17-33(18-6-1)41-32-42(34-19-7-2-8-20-34)46-39-26-14-13-25-38(39)43-31-37(28-29-40(43)47(46)45(41)35-21-9-3-10-22-35)49(36-23-11-4-12-24-36)44-27-15-16-30-48-44/h1-32H. The Hall–Kier alpha value is -6.51. The van der Waals surface area contributed by atoms with Gasteiger partial charge in [-0.1, -0.05) is 146 Å². The van der Waals surface area contributed by atoms with Crippen LogP contribution in [-0.4, -0.2) is 4.98 Å². The molecule has 0 aliphatic carbocycles. The molecule has 0 atom stereocenters. The van der Waals surface area contributed by atoms with Crippen LogP contribution in [0, 0.1) is 0 Å². The Kier molecular flexibility index (Phi) is 7.18. The van der Waals surface area contributed by atoms with Crippen LogP contribution < -0.4 is 4.90 Å². The van der Waals surface area contributed by atoms with E-state index in [4.69, 9.17) is 4.98 Å². The molecule has 0 unspecified atom stereocenters. The zero-order chi connectivity index (χ0) is 32.6. The topological polar surface area (TPSA) is 16.1 Å². The first-order valence-corrected chi connectivity index (χ1v) is 16.7. The van der Waals surface area contributed by atoms with Crippen molar-refractivity contribution in [2.75, 3.05) is 4.90 Å². The lowest BCUT2D eigenvalue weighted by Crippen LogP contribution is -2.11. The van der Waals surface area contributed by atoms with E-state index in [0.717, 1.165) is 17.2 Å². The third kappa shape index (κ3) is 5.02. The number of nitrogens with zero attached hydrogens (tertiary/aromatic N) is 2. The lowest BCUT2D eigenvalue weighted by molar-refractivity contribution is 1.18. The molecule has 230 valence electrons. The van der Waals surface area contributed by atoms with Crippen molar-refractivity contribution in [3.05, 3.63) is 194 Å². The number of hydrogen-bond acceptors (Lipinski definition) is 2. The molecule has 0 bridgehead atoms. The smallest absolute Gasteiger partial charge is 0.137 e. The largest absolute Gasteiger partial charge is 0.295 e. The Morgan fingerprint density at radius 3 is 1.55 bits per heavy atom. The Balaban J connectivity index is 1.47. The maximum Gasteiger partial charge on any atom is 0.137 e. The first-order chi connectivity index (χ1) is 24.3. The highest BCUT2D eigenvalue weighted by Gasteiger charge is 2.22. The zero-order valence-corrected chi connectivity index (χ0v) is 26.9. The van der Waals surface area contributed by atoms with Gasteiger partial charge in [0.1, 0.15) is 5.82 Å². The van der Waals surface area contributed by atoms with Crippen molar-refractivity contribution >= 4 is 49.5 Å². The lowest BCUT2D eigenvalue weighted by Gasteiger charge is -2.26. The number of benzene rings is 8. The molecule has 49 heavy (non-hydrogen) atoms. The summed E-state index contributed by atoms with van der Waals surface area (Å²) in [6.45, 7) is 0. The van der Waals surface area contributed by atoms with Crippen LogP contribution in [0.15, 0.2) is 194 Å². The summed E-state index contributed by atoms with van der Waals surface area (Å²) >= 11 is 0. The SMILES string of the molecule is c1ccc(-c2cc(-c3ccccc3)c3c4ccccc4c4cc(N(c5ccccc5)c5ccccn5)ccc4c3c2-c2ccccc2)cc1. The fourth-order valence-corrected chi connectivity index (χ4v) is 7.35. The normalized spacial score (nSPS) is 11.3. The molecule has 1 heterocycles. The molecule has 9 rings (SSSR count). The van der Waals surface area contributed by atoms with Crippen LogP contribution in [0.25, 0.3) is 65.7 Å². The van der Waals surface area contributed by atoms with Crippen molar-refractivity contribution in [2.24, 2.45) is 0 Å². The minimum Gasteiger partial charge on any atom is -0.295 e. The van der Waals surface area contributed by atoms with E-state index in [9.17, 15) is 0 Å². The molecule has 0 saturated heterocycles. The third-order valence-corrected chi connectivity index (χ3v) is 9.47. The molecule has 2 nitrogen and oxygen atoms in total. The molecule has 0 aliphatic rings. The number of pyridine rings is 1. The number of anilines is 3. The Morgan fingerprint density at radius 2 is 0.898 bits per heavy atom. The fraction of sp³-hybridized carbons (Fsp3) is 0. The van der Waals surface area contributed by atoms with E-state index in [-0.39, 0.29) is 0 Å². The van der Waals surface area contributed by atoms with Crippen molar-refractivity contribution in [1.29, 1.82) is 0 Å². The van der Waals surface area contributed by atoms with Crippen LogP contribution >= 0.6 is 0 Å². The maximum absolute atomic E-state index is 4.79. The summed E-state index contributed by atoms with van der Waals surface area (Å²) in [5.74, 6) is 0.876. The number of para-hydroxylation sites is 1. The summed E-state index contributed by atoms with van der Waals surface area (Å²) in [7, 11) is 0. The molecule has 0 N–H and O–H groups in total. The molecule has 1 aromatic heterocycles. The first-order valence-electron chi connectivity index (χ1n) is 16.7. The van der Waals surface area contributed by atoms with Gasteiger partial charge in [-0.25, -0.2) is 4.98 Å². The van der Waals surface area contributed by atoms with E-state index in [1.807, 2.05) is 18.3 Å². The van der Waals surface area contributed by atoms with Crippen LogP contribution in [0.4, 0.5) is 17.2 Å². The average Bonchev–Trinajstić information content (AvgIpc) is 3.19. The Morgan fingerprint density at radius 1 is 0.347 bits per heavy atom. The molecule has 0 spiro atoms. The number of hydrogen-bond donors (Lipinski definition) is 0. The quantitative estimate of drug-likeness (QED) is 0.171. The van der Waals surface area contributed by atoms with Gasteiger partial charge in [0.15, 0.2) is 0 Å². The second-order valence-corrected chi connectivity index (χ2v) is 12.3. The van der Waals surface area contributed by atoms with Crippen molar-refractivity contribution in [3.63, 3.8) is 0 Å². The Bertz CT molecular complexity index is 2530. The molecule has 2 heteroatoms.